The van der Waals surface area contributed by atoms with E-state index >= 15 is 0 Å². The van der Waals surface area contributed by atoms with Gasteiger partial charge in [0.25, 0.3) is 5.91 Å². The number of nitrogens with one attached hydrogen (secondary N) is 2. The molecule has 5 heteroatoms. The third kappa shape index (κ3) is 1.79. The molecule has 1 amide bonds. The van der Waals surface area contributed by atoms with Gasteiger partial charge >= 0.3 is 0 Å². The second-order valence-electron chi connectivity index (χ2n) is 4.13. The number of methoxy groups -OCH3 is 1. The predicted octanol–water partition coefficient (Wildman–Crippen LogP) is 2.66. The van der Waals surface area contributed by atoms with E-state index in [1.54, 1.807) is 30.5 Å². The summed E-state index contributed by atoms with van der Waals surface area (Å²) < 4.78 is 19.0. The lowest BCUT2D eigenvalue weighted by Gasteiger charge is -2.01. The van der Waals surface area contributed by atoms with Crippen LogP contribution in [0, 0.1) is 5.82 Å². The van der Waals surface area contributed by atoms with E-state index in [1.807, 2.05) is 0 Å². The number of aromatic amines is 1. The van der Waals surface area contributed by atoms with Crippen molar-refractivity contribution in [3.8, 4) is 5.75 Å². The second-order valence-corrected chi connectivity index (χ2v) is 4.13. The van der Waals surface area contributed by atoms with Crippen molar-refractivity contribution in [2.24, 2.45) is 0 Å². The Morgan fingerprint density at radius 1 is 1.32 bits per heavy atom. The van der Waals surface area contributed by atoms with Gasteiger partial charge in [0, 0.05) is 11.8 Å². The molecule has 0 saturated heterocycles. The van der Waals surface area contributed by atoms with Gasteiger partial charge in [0.2, 0.25) is 0 Å². The van der Waals surface area contributed by atoms with E-state index in [-0.39, 0.29) is 11.5 Å². The summed E-state index contributed by atoms with van der Waals surface area (Å²) >= 11 is 0. The van der Waals surface area contributed by atoms with Crippen LogP contribution in [-0.4, -0.2) is 18.0 Å². The van der Waals surface area contributed by atoms with E-state index in [2.05, 4.69) is 10.3 Å². The Labute approximate surface area is 108 Å². The average molecular weight is 258 g/mol. The zero-order valence-corrected chi connectivity index (χ0v) is 10.2. The van der Waals surface area contributed by atoms with Crippen molar-refractivity contribution in [2.75, 3.05) is 12.4 Å². The largest absolute Gasteiger partial charge is 0.495 e. The summed E-state index contributed by atoms with van der Waals surface area (Å²) in [5.41, 5.74) is 1.70. The van der Waals surface area contributed by atoms with E-state index in [9.17, 15) is 9.18 Å². The minimum absolute atomic E-state index is 0.286. The zero-order valence-electron chi connectivity index (χ0n) is 10.2. The number of amides is 1. The Kier molecular flexibility index (Phi) is 2.59. The fraction of sp³-hybridized carbons (Fsp3) is 0.0714. The molecule has 19 heavy (non-hydrogen) atoms. The minimum Gasteiger partial charge on any atom is -0.495 e. The molecular formula is C14H11FN2O2. The number of benzene rings is 1. The van der Waals surface area contributed by atoms with E-state index in [0.717, 1.165) is 0 Å². The molecule has 1 aromatic heterocycles. The number of hydrogen-bond donors (Lipinski definition) is 2. The summed E-state index contributed by atoms with van der Waals surface area (Å²) in [6.45, 7) is 0. The number of rotatable bonds is 2. The van der Waals surface area contributed by atoms with Gasteiger partial charge in [0.1, 0.15) is 11.6 Å². The Balaban J connectivity index is 2.15. The summed E-state index contributed by atoms with van der Waals surface area (Å²) in [4.78, 5) is 14.9. The first-order chi connectivity index (χ1) is 9.20. The number of carbonyl (C=O) groups excluding carboxylic acids is 1. The van der Waals surface area contributed by atoms with Gasteiger partial charge in [-0.15, -0.1) is 0 Å². The lowest BCUT2D eigenvalue weighted by molar-refractivity contribution is -0.110. The Hall–Kier alpha value is -2.56. The zero-order chi connectivity index (χ0) is 13.4. The van der Waals surface area contributed by atoms with Crippen molar-refractivity contribution in [3.63, 3.8) is 0 Å². The molecule has 0 aliphatic carbocycles. The molecule has 1 aromatic carbocycles. The molecule has 1 aliphatic rings. The van der Waals surface area contributed by atoms with Crippen LogP contribution in [0.4, 0.5) is 10.1 Å². The molecule has 0 atom stereocenters. The topological polar surface area (TPSA) is 54.1 Å². The summed E-state index contributed by atoms with van der Waals surface area (Å²) in [5.74, 6) is -0.144. The van der Waals surface area contributed by atoms with E-state index in [0.29, 0.717) is 22.7 Å². The molecule has 0 radical (unpaired) electrons. The molecule has 0 bridgehead atoms. The standard InChI is InChI=1S/C14H11FN2O2/c1-19-12-5-6-16-11(12)7-8-13-9(15)3-2-4-10(13)17-14(8)18/h2-7,16H,1H3,(H,17,18). The van der Waals surface area contributed by atoms with Crippen LogP contribution in [-0.2, 0) is 4.79 Å². The first kappa shape index (κ1) is 11.5. The molecule has 4 nitrogen and oxygen atoms in total. The maximum Gasteiger partial charge on any atom is 0.256 e. The van der Waals surface area contributed by atoms with Gasteiger partial charge in [-0.3, -0.25) is 4.79 Å². The molecule has 2 N–H and O–H groups in total. The minimum atomic E-state index is -0.423. The lowest BCUT2D eigenvalue weighted by atomic mass is 10.1. The molecule has 96 valence electrons. The van der Waals surface area contributed by atoms with Crippen LogP contribution >= 0.6 is 0 Å². The van der Waals surface area contributed by atoms with Crippen LogP contribution in [0.5, 0.6) is 5.75 Å². The quantitative estimate of drug-likeness (QED) is 0.814. The van der Waals surface area contributed by atoms with Crippen LogP contribution in [0.1, 0.15) is 11.3 Å². The number of hydrogen-bond acceptors (Lipinski definition) is 2. The fourth-order valence-electron chi connectivity index (χ4n) is 2.15. The van der Waals surface area contributed by atoms with Crippen molar-refractivity contribution in [3.05, 3.63) is 47.5 Å². The number of aromatic nitrogens is 1. The Morgan fingerprint density at radius 2 is 2.16 bits per heavy atom. The molecule has 1 aliphatic heterocycles. The first-order valence-electron chi connectivity index (χ1n) is 5.74. The van der Waals surface area contributed by atoms with Crippen molar-refractivity contribution in [1.82, 2.24) is 4.98 Å². The van der Waals surface area contributed by atoms with Gasteiger partial charge in [0.15, 0.2) is 0 Å². The van der Waals surface area contributed by atoms with Crippen LogP contribution in [0.2, 0.25) is 0 Å². The second kappa shape index (κ2) is 4.28. The summed E-state index contributed by atoms with van der Waals surface area (Å²) in [6, 6.07) is 6.30. The van der Waals surface area contributed by atoms with Crippen molar-refractivity contribution >= 4 is 23.2 Å². The van der Waals surface area contributed by atoms with Gasteiger partial charge < -0.3 is 15.0 Å². The highest BCUT2D eigenvalue weighted by molar-refractivity contribution is 6.35. The number of H-pyrrole nitrogens is 1. The molecule has 0 fully saturated rings. The maximum absolute atomic E-state index is 13.9. The van der Waals surface area contributed by atoms with Crippen LogP contribution in [0.25, 0.3) is 11.6 Å². The van der Waals surface area contributed by atoms with Crippen LogP contribution in [0.3, 0.4) is 0 Å². The maximum atomic E-state index is 13.9. The van der Waals surface area contributed by atoms with Gasteiger partial charge in [-0.25, -0.2) is 4.39 Å². The molecule has 0 spiro atoms. The third-order valence-corrected chi connectivity index (χ3v) is 3.02. The highest BCUT2D eigenvalue weighted by atomic mass is 19.1. The predicted molar refractivity (Wildman–Crippen MR) is 70.2 cm³/mol. The number of carbonyl (C=O) groups is 1. The molecule has 0 saturated carbocycles. The number of fused-ring (bicyclic) bond motifs is 1. The molecule has 3 rings (SSSR count). The van der Waals surface area contributed by atoms with Gasteiger partial charge in [-0.05, 0) is 24.3 Å². The number of anilines is 1. The normalized spacial score (nSPS) is 15.5. The van der Waals surface area contributed by atoms with Crippen molar-refractivity contribution in [2.45, 2.75) is 0 Å². The first-order valence-corrected chi connectivity index (χ1v) is 5.74. The molecule has 0 unspecified atom stereocenters. The lowest BCUT2D eigenvalue weighted by Crippen LogP contribution is -2.03. The molecular weight excluding hydrogens is 247 g/mol. The van der Waals surface area contributed by atoms with Crippen LogP contribution < -0.4 is 10.1 Å². The average Bonchev–Trinajstić information content (AvgIpc) is 2.96. The number of ether oxygens (including phenoxy) is 1. The number of halogens is 1. The SMILES string of the molecule is COc1cc[nH]c1C=C1C(=O)Nc2cccc(F)c21. The monoisotopic (exact) mass is 258 g/mol. The summed E-state index contributed by atoms with van der Waals surface area (Å²) in [7, 11) is 1.54. The Bertz CT molecular complexity index is 689. The van der Waals surface area contributed by atoms with E-state index < -0.39 is 5.82 Å². The smallest absolute Gasteiger partial charge is 0.256 e. The Morgan fingerprint density at radius 3 is 2.95 bits per heavy atom. The van der Waals surface area contributed by atoms with Crippen LogP contribution in [0.15, 0.2) is 30.5 Å². The van der Waals surface area contributed by atoms with Gasteiger partial charge in [-0.2, -0.15) is 0 Å². The van der Waals surface area contributed by atoms with Gasteiger partial charge in [-0.1, -0.05) is 6.07 Å². The fourth-order valence-corrected chi connectivity index (χ4v) is 2.15. The molecule has 2 heterocycles. The van der Waals surface area contributed by atoms with E-state index in [1.165, 1.54) is 13.2 Å². The molecule has 2 aromatic rings. The van der Waals surface area contributed by atoms with Crippen molar-refractivity contribution in [1.29, 1.82) is 0 Å². The third-order valence-electron chi connectivity index (χ3n) is 3.02. The highest BCUT2D eigenvalue weighted by Crippen LogP contribution is 2.35. The van der Waals surface area contributed by atoms with E-state index in [4.69, 9.17) is 4.74 Å². The highest BCUT2D eigenvalue weighted by Gasteiger charge is 2.27. The van der Waals surface area contributed by atoms with Crippen molar-refractivity contribution < 1.29 is 13.9 Å². The summed E-state index contributed by atoms with van der Waals surface area (Å²) in [6.07, 6.45) is 3.28. The summed E-state index contributed by atoms with van der Waals surface area (Å²) in [5, 5.41) is 2.64. The van der Waals surface area contributed by atoms with Gasteiger partial charge in [0.05, 0.1) is 24.1 Å².